The number of hydrogen-bond acceptors (Lipinski definition) is 21. The van der Waals surface area contributed by atoms with Gasteiger partial charge in [0.1, 0.15) is 81.4 Å². The SMILES string of the molecule is Cc1ccc(/C=C2\Oc3ccccc3C2=O)o1.O=C1/C(=C/c2ccc(CO)o2)Oc2ccccc21.O=C1/C(=C/c2ccc[nH]2)Oc2cc(O)ccc21.O=C1/C(=C/c2ccc[nH]2)Oc2ccccc21.O=C1/C(=C/c2ccccn2)Oc2ccccc21.O=C1/C(=C/c2ccco2)Oc2ccccc21.O=C1/C(=C/c2ccncc2)Oc2ccccc21. The highest BCUT2D eigenvalue weighted by molar-refractivity contribution is 6.18. The Morgan fingerprint density at radius 2 is 0.712 bits per heavy atom. The van der Waals surface area contributed by atoms with E-state index < -0.39 is 0 Å². The molecule has 0 bridgehead atoms. The fourth-order valence-electron chi connectivity index (χ4n) is 12.2. The van der Waals surface area contributed by atoms with E-state index in [9.17, 15) is 38.7 Å². The highest BCUT2D eigenvalue weighted by Crippen LogP contribution is 2.39. The van der Waals surface area contributed by atoms with E-state index in [0.717, 1.165) is 22.7 Å². The van der Waals surface area contributed by atoms with Crippen molar-refractivity contribution in [3.63, 3.8) is 0 Å². The zero-order valence-electron chi connectivity index (χ0n) is 62.2. The number of hydrogen-bond donors (Lipinski definition) is 4. The predicted molar refractivity (Wildman–Crippen MR) is 434 cm³/mol. The van der Waals surface area contributed by atoms with Crippen molar-refractivity contribution in [1.82, 2.24) is 19.9 Å². The van der Waals surface area contributed by atoms with Crippen molar-refractivity contribution in [1.29, 1.82) is 0 Å². The molecule has 0 radical (unpaired) electrons. The van der Waals surface area contributed by atoms with E-state index in [1.807, 2.05) is 140 Å². The van der Waals surface area contributed by atoms with Crippen LogP contribution in [0.25, 0.3) is 42.5 Å². The van der Waals surface area contributed by atoms with Crippen LogP contribution in [0.5, 0.6) is 46.0 Å². The molecule has 7 aromatic carbocycles. The van der Waals surface area contributed by atoms with Crippen LogP contribution in [-0.4, -0.2) is 70.6 Å². The minimum atomic E-state index is -0.172. The number of fused-ring (bicyclic) bond motifs is 7. The molecule has 4 N–H and O–H groups in total. The average Bonchev–Trinajstić information content (AvgIpc) is 1.69. The number of furan rings is 3. The molecule has 23 heteroatoms. The molecule has 118 heavy (non-hydrogen) atoms. The third-order valence-electron chi connectivity index (χ3n) is 17.9. The van der Waals surface area contributed by atoms with Crippen molar-refractivity contribution in [2.45, 2.75) is 13.5 Å². The molecule has 0 spiro atoms. The Balaban J connectivity index is 0.000000108. The zero-order chi connectivity index (χ0) is 81.4. The van der Waals surface area contributed by atoms with Gasteiger partial charge < -0.3 is 66.6 Å². The lowest BCUT2D eigenvalue weighted by Crippen LogP contribution is -1.98. The number of ketones is 7. The molecule has 7 aliphatic heterocycles. The van der Waals surface area contributed by atoms with E-state index in [-0.39, 0.29) is 64.4 Å². The van der Waals surface area contributed by atoms with Gasteiger partial charge in [0, 0.05) is 84.9 Å². The Kier molecular flexibility index (Phi) is 23.1. The normalized spacial score (nSPS) is 16.0. The summed E-state index contributed by atoms with van der Waals surface area (Å²) >= 11 is 0. The number of phenolic OH excluding ortho intramolecular Hbond substituents is 1. The number of carbonyl (C=O) groups is 7. The molecule has 0 saturated heterocycles. The monoisotopic (exact) mass is 1560 g/mol. The number of aliphatic hydroxyl groups is 1. The molecule has 7 aliphatic rings. The molecule has 0 unspecified atom stereocenters. The standard InChI is InChI=1S/2C14H9NO2.C14H10O4.C14H10O3.C13H9NO3.C13H9NO2.C13H8O3/c16-14-11-6-1-2-7-12(11)17-13(14)9-10-5-3-4-8-15-10;16-14-11-3-1-2-4-12(11)17-13(14)9-10-5-7-15-8-6-10;15-8-10-6-5-9(17-10)7-13-14(16)11-3-1-2-4-12(11)18-13;1-9-6-7-10(16-9)8-13-14(15)11-4-2-3-5-12(11)17-13;15-9-3-4-10-11(7-9)17-12(13(10)16)6-8-2-1-5-14-8;15-13-10-5-1-2-6-11(10)16-12(13)8-9-4-3-7-14-9;14-13-10-5-1-2-6-11(10)16-12(13)8-9-4-3-7-15-9/h2*1-9H;1-7,15H,8H2;2-8H,1H3;1-7,14-15H;1-8,14H;1-8H/b2*13-9-;13-7-;13-8-;12-6-;2*12-8-. The van der Waals surface area contributed by atoms with Gasteiger partial charge in [0.05, 0.1) is 50.9 Å². The maximum absolute atomic E-state index is 12.0. The van der Waals surface area contributed by atoms with Gasteiger partial charge in [0.2, 0.25) is 40.5 Å². The van der Waals surface area contributed by atoms with Crippen LogP contribution in [0, 0.1) is 6.92 Å². The van der Waals surface area contributed by atoms with Gasteiger partial charge in [-0.05, 0) is 188 Å². The number of aromatic nitrogens is 4. The number of para-hydroxylation sites is 6. The first-order valence-corrected chi connectivity index (χ1v) is 36.5. The molecule has 0 fully saturated rings. The summed E-state index contributed by atoms with van der Waals surface area (Å²) in [6.07, 6.45) is 21.6. The maximum atomic E-state index is 12.0. The molecule has 14 aromatic rings. The minimum absolute atomic E-state index is 0.0646. The Bertz CT molecular complexity index is 6160. The first-order chi connectivity index (χ1) is 57.6. The number of benzene rings is 7. The number of pyridine rings is 2. The summed E-state index contributed by atoms with van der Waals surface area (Å²) in [5, 5.41) is 18.2. The van der Waals surface area contributed by atoms with Crippen LogP contribution in [-0.2, 0) is 6.61 Å². The number of phenols is 1. The van der Waals surface area contributed by atoms with E-state index in [1.165, 1.54) is 18.2 Å². The third-order valence-corrected chi connectivity index (χ3v) is 17.9. The highest BCUT2D eigenvalue weighted by atomic mass is 16.5. The van der Waals surface area contributed by atoms with Gasteiger partial charge in [-0.25, -0.2) is 0 Å². The van der Waals surface area contributed by atoms with Crippen molar-refractivity contribution in [2.75, 3.05) is 0 Å². The van der Waals surface area contributed by atoms with Crippen molar-refractivity contribution in [2.24, 2.45) is 0 Å². The molecule has 0 saturated carbocycles. The zero-order valence-corrected chi connectivity index (χ0v) is 62.2. The average molecular weight is 1570 g/mol. The number of aromatic amines is 2. The molecule has 0 amide bonds. The Morgan fingerprint density at radius 1 is 0.331 bits per heavy atom. The Labute approximate surface area is 671 Å². The number of carbonyl (C=O) groups excluding carboxylic acids is 7. The number of H-pyrrole nitrogens is 2. The van der Waals surface area contributed by atoms with Crippen LogP contribution in [0.15, 0.2) is 346 Å². The summed E-state index contributed by atoms with van der Waals surface area (Å²) in [6, 6.07) is 74.7. The highest BCUT2D eigenvalue weighted by Gasteiger charge is 2.33. The molecule has 578 valence electrons. The summed E-state index contributed by atoms with van der Waals surface area (Å²) in [4.78, 5) is 97.7. The van der Waals surface area contributed by atoms with Gasteiger partial charge in [-0.1, -0.05) is 78.9 Å². The number of Topliss-reactive ketones (excluding diaryl/α,β-unsaturated/α-hetero) is 7. The van der Waals surface area contributed by atoms with E-state index in [2.05, 4.69) is 19.9 Å². The largest absolute Gasteiger partial charge is 0.508 e. The first-order valence-electron chi connectivity index (χ1n) is 36.5. The van der Waals surface area contributed by atoms with Crippen molar-refractivity contribution in [3.05, 3.63) is 423 Å². The van der Waals surface area contributed by atoms with E-state index in [4.69, 9.17) is 51.5 Å². The summed E-state index contributed by atoms with van der Waals surface area (Å²) in [6.45, 7) is 1.69. The fourth-order valence-corrected chi connectivity index (χ4v) is 12.2. The number of aryl methyl sites for hydroxylation is 1. The number of aromatic hydroxyl groups is 1. The second-order valence-corrected chi connectivity index (χ2v) is 25.9. The first kappa shape index (κ1) is 76.8. The van der Waals surface area contributed by atoms with Gasteiger partial charge in [-0.3, -0.25) is 43.5 Å². The second kappa shape index (κ2) is 35.4. The number of nitrogens with zero attached hydrogens (tertiary/aromatic N) is 2. The van der Waals surface area contributed by atoms with Crippen LogP contribution >= 0.6 is 0 Å². The van der Waals surface area contributed by atoms with Crippen LogP contribution in [0.1, 0.15) is 124 Å². The van der Waals surface area contributed by atoms with Crippen LogP contribution < -0.4 is 33.2 Å². The Hall–Kier alpha value is -16.5. The van der Waals surface area contributed by atoms with Crippen molar-refractivity contribution >= 4 is 83.0 Å². The minimum Gasteiger partial charge on any atom is -0.508 e. The number of aliphatic hydroxyl groups excluding tert-OH is 1. The summed E-state index contributed by atoms with van der Waals surface area (Å²) in [5.74, 6) is 8.45. The lowest BCUT2D eigenvalue weighted by molar-refractivity contribution is 0.101. The number of ether oxygens (including phenoxy) is 7. The maximum Gasteiger partial charge on any atom is 0.232 e. The third kappa shape index (κ3) is 18.0. The molecule has 0 atom stereocenters. The molecule has 23 nitrogen and oxygen atoms in total. The van der Waals surface area contributed by atoms with Crippen LogP contribution in [0.4, 0.5) is 0 Å². The number of allylic oxidation sites excluding steroid dienone is 7. The Morgan fingerprint density at radius 3 is 1.08 bits per heavy atom. The van der Waals surface area contributed by atoms with Crippen molar-refractivity contribution in [3.8, 4) is 46.0 Å². The van der Waals surface area contributed by atoms with Crippen LogP contribution in [0.3, 0.4) is 0 Å². The smallest absolute Gasteiger partial charge is 0.232 e. The van der Waals surface area contributed by atoms with Crippen molar-refractivity contribution < 1.29 is 90.2 Å². The van der Waals surface area contributed by atoms with Gasteiger partial charge in [-0.2, -0.15) is 0 Å². The number of nitrogens with one attached hydrogen (secondary N) is 2. The summed E-state index contributed by atoms with van der Waals surface area (Å²) < 4.78 is 54.1. The molecule has 14 heterocycles. The lowest BCUT2D eigenvalue weighted by Gasteiger charge is -1.97. The van der Waals surface area contributed by atoms with Gasteiger partial charge in [-0.15, -0.1) is 0 Å². The predicted octanol–water partition coefficient (Wildman–Crippen LogP) is 18.9. The van der Waals surface area contributed by atoms with E-state index in [0.29, 0.717) is 137 Å². The molecule has 0 aliphatic carbocycles. The van der Waals surface area contributed by atoms with E-state index >= 15 is 0 Å². The topological polar surface area (TPSA) is 321 Å². The molecular formula is C95H64N4O19. The lowest BCUT2D eigenvalue weighted by atomic mass is 10.1. The number of rotatable bonds is 8. The summed E-state index contributed by atoms with van der Waals surface area (Å²) in [5.41, 5.74) is 7.34. The molecule has 7 aromatic heterocycles. The second-order valence-electron chi connectivity index (χ2n) is 25.9. The van der Waals surface area contributed by atoms with E-state index in [1.54, 1.807) is 183 Å². The summed E-state index contributed by atoms with van der Waals surface area (Å²) in [7, 11) is 0. The molecular weight excluding hydrogens is 1500 g/mol. The quantitative estimate of drug-likeness (QED) is 0.103. The van der Waals surface area contributed by atoms with Crippen LogP contribution in [0.2, 0.25) is 0 Å². The van der Waals surface area contributed by atoms with Gasteiger partial charge in [0.15, 0.2) is 40.3 Å². The molecule has 21 rings (SSSR count). The fraction of sp³-hybridized carbons (Fsp3) is 0.0211. The van der Waals surface area contributed by atoms with Gasteiger partial charge >= 0.3 is 0 Å². The van der Waals surface area contributed by atoms with Gasteiger partial charge in [0.25, 0.3) is 0 Å².